The van der Waals surface area contributed by atoms with Gasteiger partial charge < -0.3 is 0 Å². The van der Waals surface area contributed by atoms with Gasteiger partial charge in [0.15, 0.2) is 5.78 Å². The number of carbonyl (C=O) groups is 1. The minimum atomic E-state index is 0.107. The second-order valence-electron chi connectivity index (χ2n) is 4.28. The van der Waals surface area contributed by atoms with E-state index in [-0.39, 0.29) is 5.78 Å². The third-order valence-corrected chi connectivity index (χ3v) is 3.03. The number of carbonyl (C=O) groups excluding carboxylic acids is 1. The number of aryl methyl sites for hydroxylation is 2. The molecule has 0 spiro atoms. The normalized spacial score (nSPS) is 10.6. The molecule has 1 aromatic heterocycles. The van der Waals surface area contributed by atoms with Crippen LogP contribution >= 0.6 is 0 Å². The summed E-state index contributed by atoms with van der Waals surface area (Å²) >= 11 is 0. The molecular formula is C15H18N2O. The smallest absolute Gasteiger partial charge is 0.184 e. The highest BCUT2D eigenvalue weighted by Gasteiger charge is 2.10. The quantitative estimate of drug-likeness (QED) is 0.756. The lowest BCUT2D eigenvalue weighted by Gasteiger charge is -2.05. The first-order valence-corrected chi connectivity index (χ1v) is 6.38. The van der Waals surface area contributed by atoms with Crippen LogP contribution in [0.1, 0.15) is 35.6 Å². The zero-order valence-electron chi connectivity index (χ0n) is 10.9. The molecule has 3 nitrogen and oxygen atoms in total. The topological polar surface area (TPSA) is 34.9 Å². The van der Waals surface area contributed by atoms with Crippen LogP contribution in [-0.2, 0) is 19.4 Å². The number of nitrogens with zero attached hydrogens (tertiary/aromatic N) is 2. The first-order chi connectivity index (χ1) is 8.74. The summed E-state index contributed by atoms with van der Waals surface area (Å²) in [6, 6.07) is 11.5. The molecule has 0 aliphatic heterocycles. The molecule has 94 valence electrons. The maximum Gasteiger partial charge on any atom is 0.184 e. The van der Waals surface area contributed by atoms with Crippen molar-refractivity contribution in [3.05, 3.63) is 53.3 Å². The molecule has 0 radical (unpaired) electrons. The second-order valence-corrected chi connectivity index (χ2v) is 4.28. The molecular weight excluding hydrogens is 224 g/mol. The van der Waals surface area contributed by atoms with Crippen molar-refractivity contribution in [1.82, 2.24) is 9.78 Å². The number of hydrogen-bond donors (Lipinski definition) is 0. The Labute approximate surface area is 107 Å². The van der Waals surface area contributed by atoms with Crippen molar-refractivity contribution in [2.45, 2.75) is 33.2 Å². The van der Waals surface area contributed by atoms with Crippen molar-refractivity contribution < 1.29 is 4.79 Å². The van der Waals surface area contributed by atoms with E-state index >= 15 is 0 Å². The van der Waals surface area contributed by atoms with Crippen molar-refractivity contribution in [1.29, 1.82) is 0 Å². The number of Topliss-reactive ketones (excluding diaryl/α,β-unsaturated/α-hetero) is 1. The number of rotatable bonds is 5. The van der Waals surface area contributed by atoms with E-state index in [9.17, 15) is 4.79 Å². The molecule has 0 bridgehead atoms. The van der Waals surface area contributed by atoms with E-state index in [1.807, 2.05) is 35.0 Å². The van der Waals surface area contributed by atoms with Gasteiger partial charge in [-0.05, 0) is 18.9 Å². The first kappa shape index (κ1) is 12.6. The standard InChI is InChI=1S/C15H18N2O/c1-3-13-10-14(4-2)17(16-13)11-15(18)12-8-6-5-7-9-12/h5-10H,3-4,11H2,1-2H3. The highest BCUT2D eigenvalue weighted by atomic mass is 16.1. The Hall–Kier alpha value is -1.90. The van der Waals surface area contributed by atoms with Crippen LogP contribution in [0.4, 0.5) is 0 Å². The van der Waals surface area contributed by atoms with Gasteiger partial charge in [0.25, 0.3) is 0 Å². The molecule has 0 saturated carbocycles. The highest BCUT2D eigenvalue weighted by molar-refractivity contribution is 5.95. The van der Waals surface area contributed by atoms with Gasteiger partial charge in [0.05, 0.1) is 5.69 Å². The number of hydrogen-bond acceptors (Lipinski definition) is 2. The molecule has 18 heavy (non-hydrogen) atoms. The minimum Gasteiger partial charge on any atom is -0.292 e. The van der Waals surface area contributed by atoms with Crippen molar-refractivity contribution in [2.75, 3.05) is 0 Å². The van der Waals surface area contributed by atoms with E-state index in [0.717, 1.165) is 29.8 Å². The zero-order valence-corrected chi connectivity index (χ0v) is 10.9. The van der Waals surface area contributed by atoms with Gasteiger partial charge in [0.1, 0.15) is 6.54 Å². The Bertz CT molecular complexity index is 529. The number of aromatic nitrogens is 2. The number of benzene rings is 1. The van der Waals surface area contributed by atoms with Gasteiger partial charge in [-0.15, -0.1) is 0 Å². The van der Waals surface area contributed by atoms with Crippen molar-refractivity contribution in [2.24, 2.45) is 0 Å². The molecule has 0 aliphatic carbocycles. The Morgan fingerprint density at radius 1 is 1.17 bits per heavy atom. The van der Waals surface area contributed by atoms with E-state index in [1.165, 1.54) is 0 Å². The summed E-state index contributed by atoms with van der Waals surface area (Å²) in [7, 11) is 0. The maximum absolute atomic E-state index is 12.1. The van der Waals surface area contributed by atoms with Crippen LogP contribution in [0.3, 0.4) is 0 Å². The van der Waals surface area contributed by atoms with Gasteiger partial charge in [-0.3, -0.25) is 9.48 Å². The molecule has 0 atom stereocenters. The lowest BCUT2D eigenvalue weighted by molar-refractivity contribution is 0.0966. The van der Waals surface area contributed by atoms with E-state index in [0.29, 0.717) is 6.54 Å². The van der Waals surface area contributed by atoms with Gasteiger partial charge in [-0.25, -0.2) is 0 Å². The van der Waals surface area contributed by atoms with Crippen molar-refractivity contribution in [3.8, 4) is 0 Å². The fourth-order valence-corrected chi connectivity index (χ4v) is 1.96. The maximum atomic E-state index is 12.1. The Balaban J connectivity index is 2.19. The molecule has 2 aromatic rings. The van der Waals surface area contributed by atoms with Crippen molar-refractivity contribution in [3.63, 3.8) is 0 Å². The van der Waals surface area contributed by atoms with E-state index < -0.39 is 0 Å². The van der Waals surface area contributed by atoms with Gasteiger partial charge in [0, 0.05) is 11.3 Å². The summed E-state index contributed by atoms with van der Waals surface area (Å²) in [5.74, 6) is 0.107. The van der Waals surface area contributed by atoms with Crippen LogP contribution in [-0.4, -0.2) is 15.6 Å². The Morgan fingerprint density at radius 3 is 2.50 bits per heavy atom. The molecule has 0 amide bonds. The monoisotopic (exact) mass is 242 g/mol. The van der Waals surface area contributed by atoms with Crippen LogP contribution in [0.15, 0.2) is 36.4 Å². The fraction of sp³-hybridized carbons (Fsp3) is 0.333. The predicted octanol–water partition coefficient (Wildman–Crippen LogP) is 2.89. The Kier molecular flexibility index (Phi) is 3.92. The molecule has 1 heterocycles. The second kappa shape index (κ2) is 5.63. The average Bonchev–Trinajstić information content (AvgIpc) is 2.82. The molecule has 0 saturated heterocycles. The molecule has 0 N–H and O–H groups in total. The average molecular weight is 242 g/mol. The third-order valence-electron chi connectivity index (χ3n) is 3.03. The fourth-order valence-electron chi connectivity index (χ4n) is 1.96. The summed E-state index contributed by atoms with van der Waals surface area (Å²) in [4.78, 5) is 12.1. The predicted molar refractivity (Wildman–Crippen MR) is 71.8 cm³/mol. The van der Waals surface area contributed by atoms with Crippen molar-refractivity contribution >= 4 is 5.78 Å². The minimum absolute atomic E-state index is 0.107. The van der Waals surface area contributed by atoms with Crippen LogP contribution in [0.25, 0.3) is 0 Å². The summed E-state index contributed by atoms with van der Waals surface area (Å²) in [6.07, 6.45) is 1.80. The van der Waals surface area contributed by atoms with E-state index in [1.54, 1.807) is 0 Å². The van der Waals surface area contributed by atoms with Gasteiger partial charge in [0.2, 0.25) is 0 Å². The largest absolute Gasteiger partial charge is 0.292 e. The zero-order chi connectivity index (χ0) is 13.0. The third kappa shape index (κ3) is 2.67. The SMILES string of the molecule is CCc1cc(CC)n(CC(=O)c2ccccc2)n1. The van der Waals surface area contributed by atoms with Gasteiger partial charge >= 0.3 is 0 Å². The summed E-state index contributed by atoms with van der Waals surface area (Å²) in [5.41, 5.74) is 2.91. The van der Waals surface area contributed by atoms with E-state index in [4.69, 9.17) is 0 Å². The van der Waals surface area contributed by atoms with Crippen LogP contribution in [0.5, 0.6) is 0 Å². The van der Waals surface area contributed by atoms with Gasteiger partial charge in [-0.1, -0.05) is 44.2 Å². The molecule has 3 heteroatoms. The van der Waals surface area contributed by atoms with Crippen LogP contribution in [0.2, 0.25) is 0 Å². The highest BCUT2D eigenvalue weighted by Crippen LogP contribution is 2.09. The molecule has 2 rings (SSSR count). The Morgan fingerprint density at radius 2 is 1.89 bits per heavy atom. The van der Waals surface area contributed by atoms with Gasteiger partial charge in [-0.2, -0.15) is 5.10 Å². The summed E-state index contributed by atoms with van der Waals surface area (Å²) in [5, 5.41) is 4.46. The van der Waals surface area contributed by atoms with Crippen LogP contribution in [0, 0.1) is 0 Å². The molecule has 0 fully saturated rings. The lowest BCUT2D eigenvalue weighted by atomic mass is 10.1. The van der Waals surface area contributed by atoms with E-state index in [2.05, 4.69) is 25.0 Å². The molecule has 0 unspecified atom stereocenters. The van der Waals surface area contributed by atoms with Crippen LogP contribution < -0.4 is 0 Å². The first-order valence-electron chi connectivity index (χ1n) is 6.38. The summed E-state index contributed by atoms with van der Waals surface area (Å²) in [6.45, 7) is 4.48. The number of ketones is 1. The lowest BCUT2D eigenvalue weighted by Crippen LogP contribution is -2.14. The summed E-state index contributed by atoms with van der Waals surface area (Å²) < 4.78 is 1.83. The molecule has 0 aliphatic rings. The molecule has 1 aromatic carbocycles.